The Morgan fingerprint density at radius 2 is 2.22 bits per heavy atom. The molecule has 2 aromatic rings. The Hall–Kier alpha value is -1.15. The minimum Gasteiger partial charge on any atom is -0.398 e. The topological polar surface area (TPSA) is 85.1 Å². The van der Waals surface area contributed by atoms with Crippen LogP contribution in [-0.2, 0) is 16.6 Å². The quantitative estimate of drug-likeness (QED) is 0.844. The lowest BCUT2D eigenvalue weighted by atomic mass is 10.3. The number of nitrogens with one attached hydrogen (secondary N) is 1. The molecular formula is C10H10ClN3O2S2. The molecule has 1 aromatic carbocycles. The van der Waals surface area contributed by atoms with E-state index in [2.05, 4.69) is 9.71 Å². The van der Waals surface area contributed by atoms with Crippen LogP contribution in [0.5, 0.6) is 0 Å². The molecule has 0 amide bonds. The summed E-state index contributed by atoms with van der Waals surface area (Å²) in [5.41, 5.74) is 5.76. The van der Waals surface area contributed by atoms with E-state index in [4.69, 9.17) is 17.3 Å². The molecule has 2 rings (SSSR count). The number of nitrogens with two attached hydrogens (primary N) is 1. The Morgan fingerprint density at radius 3 is 2.83 bits per heavy atom. The van der Waals surface area contributed by atoms with Crippen molar-refractivity contribution in [1.29, 1.82) is 0 Å². The van der Waals surface area contributed by atoms with Crippen molar-refractivity contribution in [1.82, 2.24) is 9.71 Å². The van der Waals surface area contributed by atoms with E-state index in [-0.39, 0.29) is 22.2 Å². The second-order valence-corrected chi connectivity index (χ2v) is 6.50. The molecule has 0 saturated heterocycles. The number of thiazole rings is 1. The van der Waals surface area contributed by atoms with Gasteiger partial charge in [-0.05, 0) is 12.1 Å². The highest BCUT2D eigenvalue weighted by molar-refractivity contribution is 7.89. The number of halogens is 1. The molecule has 0 aliphatic carbocycles. The van der Waals surface area contributed by atoms with Crippen molar-refractivity contribution < 1.29 is 8.42 Å². The van der Waals surface area contributed by atoms with Gasteiger partial charge < -0.3 is 5.73 Å². The lowest BCUT2D eigenvalue weighted by Crippen LogP contribution is -2.24. The van der Waals surface area contributed by atoms with Gasteiger partial charge in [-0.3, -0.25) is 0 Å². The molecule has 5 nitrogen and oxygen atoms in total. The summed E-state index contributed by atoms with van der Waals surface area (Å²) in [5, 5.41) is 2.54. The molecule has 1 heterocycles. The fourth-order valence-electron chi connectivity index (χ4n) is 1.38. The minimum absolute atomic E-state index is 0.0942. The second-order valence-electron chi connectivity index (χ2n) is 3.41. The highest BCUT2D eigenvalue weighted by Gasteiger charge is 2.20. The Kier molecular flexibility index (Phi) is 3.86. The molecule has 0 fully saturated rings. The standard InChI is InChI=1S/C10H10ClN3O2S2/c11-7-2-1-3-8(12)10(7)18(15,16)14-6-9-13-4-5-17-9/h1-5,14H,6,12H2. The molecule has 0 atom stereocenters. The maximum atomic E-state index is 12.1. The third-order valence-electron chi connectivity index (χ3n) is 2.16. The predicted molar refractivity (Wildman–Crippen MR) is 72.0 cm³/mol. The van der Waals surface area contributed by atoms with Gasteiger partial charge in [0.15, 0.2) is 0 Å². The Morgan fingerprint density at radius 1 is 1.44 bits per heavy atom. The lowest BCUT2D eigenvalue weighted by Gasteiger charge is -2.09. The van der Waals surface area contributed by atoms with Gasteiger partial charge in [-0.15, -0.1) is 11.3 Å². The van der Waals surface area contributed by atoms with Gasteiger partial charge in [0.1, 0.15) is 9.90 Å². The van der Waals surface area contributed by atoms with Crippen LogP contribution in [0.2, 0.25) is 5.02 Å². The molecule has 0 bridgehead atoms. The first-order chi connectivity index (χ1) is 8.50. The molecule has 96 valence electrons. The summed E-state index contributed by atoms with van der Waals surface area (Å²) in [6.45, 7) is 0.116. The number of benzene rings is 1. The molecule has 18 heavy (non-hydrogen) atoms. The number of anilines is 1. The summed E-state index contributed by atoms with van der Waals surface area (Å²) in [6, 6.07) is 4.57. The van der Waals surface area contributed by atoms with Crippen LogP contribution < -0.4 is 10.5 Å². The second kappa shape index (κ2) is 5.23. The number of rotatable bonds is 4. The zero-order valence-electron chi connectivity index (χ0n) is 9.13. The first-order valence-electron chi connectivity index (χ1n) is 4.93. The zero-order valence-corrected chi connectivity index (χ0v) is 11.5. The fraction of sp³-hybridized carbons (Fsp3) is 0.100. The van der Waals surface area contributed by atoms with E-state index in [0.717, 1.165) is 0 Å². The number of aromatic nitrogens is 1. The average molecular weight is 304 g/mol. The Labute approximate surface area is 114 Å². The van der Waals surface area contributed by atoms with Crippen LogP contribution in [0.25, 0.3) is 0 Å². The molecule has 1 aromatic heterocycles. The number of nitrogens with zero attached hydrogens (tertiary/aromatic N) is 1. The number of nitrogen functional groups attached to an aromatic ring is 1. The first-order valence-corrected chi connectivity index (χ1v) is 7.67. The summed E-state index contributed by atoms with van der Waals surface area (Å²) in [4.78, 5) is 3.89. The summed E-state index contributed by atoms with van der Waals surface area (Å²) >= 11 is 7.23. The van der Waals surface area contributed by atoms with Gasteiger partial charge in [0.25, 0.3) is 0 Å². The number of hydrogen-bond acceptors (Lipinski definition) is 5. The highest BCUT2D eigenvalue weighted by atomic mass is 35.5. The van der Waals surface area contributed by atoms with Gasteiger partial charge >= 0.3 is 0 Å². The van der Waals surface area contributed by atoms with Crippen molar-refractivity contribution in [2.75, 3.05) is 5.73 Å². The molecule has 0 aliphatic rings. The van der Waals surface area contributed by atoms with Crippen LogP contribution in [0.1, 0.15) is 5.01 Å². The zero-order chi connectivity index (χ0) is 13.2. The Balaban J connectivity index is 2.26. The Bertz CT molecular complexity index is 621. The number of sulfonamides is 1. The third kappa shape index (κ3) is 2.81. The minimum atomic E-state index is -3.74. The summed E-state index contributed by atoms with van der Waals surface area (Å²) in [5.74, 6) is 0. The van der Waals surface area contributed by atoms with Crippen molar-refractivity contribution in [2.24, 2.45) is 0 Å². The van der Waals surface area contributed by atoms with Crippen molar-refractivity contribution in [2.45, 2.75) is 11.4 Å². The predicted octanol–water partition coefficient (Wildman–Crippen LogP) is 1.86. The van der Waals surface area contributed by atoms with Gasteiger partial charge in [0.05, 0.1) is 17.3 Å². The van der Waals surface area contributed by atoms with Crippen molar-refractivity contribution in [3.63, 3.8) is 0 Å². The largest absolute Gasteiger partial charge is 0.398 e. The third-order valence-corrected chi connectivity index (χ3v) is 4.89. The average Bonchev–Trinajstić information content (AvgIpc) is 2.78. The molecule has 0 spiro atoms. The van der Waals surface area contributed by atoms with E-state index >= 15 is 0 Å². The van der Waals surface area contributed by atoms with Crippen LogP contribution >= 0.6 is 22.9 Å². The van der Waals surface area contributed by atoms with Crippen molar-refractivity contribution in [3.05, 3.63) is 39.8 Å². The van der Waals surface area contributed by atoms with Crippen LogP contribution in [0.4, 0.5) is 5.69 Å². The van der Waals surface area contributed by atoms with E-state index in [9.17, 15) is 8.42 Å². The van der Waals surface area contributed by atoms with E-state index < -0.39 is 10.0 Å². The lowest BCUT2D eigenvalue weighted by molar-refractivity contribution is 0.581. The maximum absolute atomic E-state index is 12.1. The van der Waals surface area contributed by atoms with Gasteiger partial charge in [-0.25, -0.2) is 18.1 Å². The van der Waals surface area contributed by atoms with Gasteiger partial charge in [0, 0.05) is 11.6 Å². The summed E-state index contributed by atoms with van der Waals surface area (Å²) in [7, 11) is -3.74. The monoisotopic (exact) mass is 303 g/mol. The van der Waals surface area contributed by atoms with E-state index in [1.54, 1.807) is 17.6 Å². The molecule has 8 heteroatoms. The van der Waals surface area contributed by atoms with Crippen LogP contribution in [-0.4, -0.2) is 13.4 Å². The molecule has 3 N–H and O–H groups in total. The summed E-state index contributed by atoms with van der Waals surface area (Å²) in [6.07, 6.45) is 1.61. The van der Waals surface area contributed by atoms with Gasteiger partial charge in [-0.2, -0.15) is 0 Å². The molecule has 0 aliphatic heterocycles. The van der Waals surface area contributed by atoms with E-state index in [1.807, 2.05) is 0 Å². The van der Waals surface area contributed by atoms with Gasteiger partial charge in [0.2, 0.25) is 10.0 Å². The van der Waals surface area contributed by atoms with E-state index in [0.29, 0.717) is 5.01 Å². The fourth-order valence-corrected chi connectivity index (χ4v) is 3.69. The van der Waals surface area contributed by atoms with Crippen molar-refractivity contribution >= 4 is 38.6 Å². The molecule has 0 unspecified atom stereocenters. The molecule has 0 saturated carbocycles. The van der Waals surface area contributed by atoms with Crippen LogP contribution in [0.3, 0.4) is 0 Å². The smallest absolute Gasteiger partial charge is 0.244 e. The van der Waals surface area contributed by atoms with Gasteiger partial charge in [-0.1, -0.05) is 17.7 Å². The number of hydrogen-bond donors (Lipinski definition) is 2. The summed E-state index contributed by atoms with van der Waals surface area (Å²) < 4.78 is 26.6. The SMILES string of the molecule is Nc1cccc(Cl)c1S(=O)(=O)NCc1nccs1. The highest BCUT2D eigenvalue weighted by Crippen LogP contribution is 2.26. The maximum Gasteiger partial charge on any atom is 0.244 e. The van der Waals surface area contributed by atoms with Crippen molar-refractivity contribution in [3.8, 4) is 0 Å². The normalized spacial score (nSPS) is 11.6. The van der Waals surface area contributed by atoms with Crippen LogP contribution in [0.15, 0.2) is 34.7 Å². The molecule has 0 radical (unpaired) electrons. The first kappa shape index (κ1) is 13.3. The molecular weight excluding hydrogens is 294 g/mol. The van der Waals surface area contributed by atoms with E-state index in [1.165, 1.54) is 23.5 Å². The van der Waals surface area contributed by atoms with Crippen LogP contribution in [0, 0.1) is 0 Å².